The first-order valence-electron chi connectivity index (χ1n) is 13.8. The summed E-state index contributed by atoms with van der Waals surface area (Å²) in [6.45, 7) is 2.19. The molecule has 2 N–H and O–H groups in total. The van der Waals surface area contributed by atoms with E-state index in [1.165, 1.54) is 78.1 Å². The van der Waals surface area contributed by atoms with Crippen LogP contribution in [0.3, 0.4) is 0 Å². The Kier molecular flexibility index (Phi) is 13.2. The standard InChI is InChI=1S/C18H16FNO4S3.C13H13BrO4S3.ClH/c1-26(21,22)17-8-7-15(10-16(17)12-2-4-13(19)5-3-12)27(23,24)18-9-6-14(11-20)25-18;1-3-9-4-7-13(19-9)21(17,18)10-5-6-12(11(14)8-10)20(2,15)16;/h2-10H,11,20H2,1H3;4-8H,3H2,1-2H3;1H. The molecule has 2 aromatic heterocycles. The fourth-order valence-corrected chi connectivity index (χ4v) is 12.8. The molecule has 0 amide bonds. The number of thiophene rings is 2. The van der Waals surface area contributed by atoms with Crippen molar-refractivity contribution in [1.29, 1.82) is 0 Å². The summed E-state index contributed by atoms with van der Waals surface area (Å²) in [6.07, 6.45) is 2.89. The van der Waals surface area contributed by atoms with Gasteiger partial charge in [0.2, 0.25) is 19.7 Å². The molecule has 9 nitrogen and oxygen atoms in total. The molecule has 0 saturated carbocycles. The van der Waals surface area contributed by atoms with Crippen LogP contribution >= 0.6 is 51.0 Å². The van der Waals surface area contributed by atoms with Gasteiger partial charge in [0, 0.05) is 38.8 Å². The Hall–Kier alpha value is -2.48. The van der Waals surface area contributed by atoms with Crippen LogP contribution in [0.15, 0.2) is 117 Å². The van der Waals surface area contributed by atoms with E-state index in [-0.39, 0.29) is 57.0 Å². The maximum Gasteiger partial charge on any atom is 0.216 e. The van der Waals surface area contributed by atoms with E-state index in [0.29, 0.717) is 5.56 Å². The molecule has 2 heterocycles. The van der Waals surface area contributed by atoms with Crippen LogP contribution in [0.5, 0.6) is 0 Å². The Labute approximate surface area is 308 Å². The van der Waals surface area contributed by atoms with Gasteiger partial charge in [-0.25, -0.2) is 38.1 Å². The lowest BCUT2D eigenvalue weighted by Crippen LogP contribution is -2.04. The van der Waals surface area contributed by atoms with E-state index < -0.39 is 45.2 Å². The van der Waals surface area contributed by atoms with Crippen molar-refractivity contribution in [2.45, 2.75) is 47.9 Å². The highest BCUT2D eigenvalue weighted by Crippen LogP contribution is 2.35. The van der Waals surface area contributed by atoms with Crippen molar-refractivity contribution in [2.75, 3.05) is 12.5 Å². The lowest BCUT2D eigenvalue weighted by atomic mass is 10.1. The minimum absolute atomic E-state index is 0. The molecule has 5 rings (SSSR count). The van der Waals surface area contributed by atoms with Crippen molar-refractivity contribution in [3.05, 3.63) is 105 Å². The van der Waals surface area contributed by atoms with E-state index in [0.717, 1.165) is 40.0 Å². The van der Waals surface area contributed by atoms with Crippen molar-refractivity contribution < 1.29 is 38.1 Å². The summed E-state index contributed by atoms with van der Waals surface area (Å²) in [7, 11) is -14.5. The molecule has 0 unspecified atom stereocenters. The molecule has 0 spiro atoms. The Morgan fingerprint density at radius 2 is 1.12 bits per heavy atom. The van der Waals surface area contributed by atoms with Crippen molar-refractivity contribution >= 4 is 90.4 Å². The van der Waals surface area contributed by atoms with Crippen molar-refractivity contribution in [1.82, 2.24) is 0 Å². The second-order valence-corrected chi connectivity index (χ2v) is 21.8. The summed E-state index contributed by atoms with van der Waals surface area (Å²) in [5, 5.41) is 0. The number of hydrogen-bond donors (Lipinski definition) is 1. The molecule has 49 heavy (non-hydrogen) atoms. The second kappa shape index (κ2) is 15.8. The number of aryl methyl sites for hydroxylation is 1. The number of benzene rings is 3. The average Bonchev–Trinajstić information content (AvgIpc) is 3.71. The van der Waals surface area contributed by atoms with E-state index in [1.807, 2.05) is 6.92 Å². The van der Waals surface area contributed by atoms with E-state index in [4.69, 9.17) is 5.73 Å². The van der Waals surface area contributed by atoms with Gasteiger partial charge in [-0.2, -0.15) is 0 Å². The highest BCUT2D eigenvalue weighted by molar-refractivity contribution is 9.10. The fraction of sp³-hybridized carbons (Fsp3) is 0.161. The molecule has 18 heteroatoms. The van der Waals surface area contributed by atoms with Gasteiger partial charge in [0.05, 0.1) is 19.6 Å². The molecule has 0 aliphatic carbocycles. The molecular formula is C31H30BrClFNO8S6. The molecule has 0 atom stereocenters. The summed E-state index contributed by atoms with van der Waals surface area (Å²) in [5.74, 6) is -0.476. The van der Waals surface area contributed by atoms with Crippen LogP contribution in [0.25, 0.3) is 11.1 Å². The summed E-state index contributed by atoms with van der Waals surface area (Å²) in [6, 6.07) is 19.5. The third-order valence-corrected chi connectivity index (χ3v) is 16.8. The summed E-state index contributed by atoms with van der Waals surface area (Å²) >= 11 is 5.42. The lowest BCUT2D eigenvalue weighted by molar-refractivity contribution is 0.595. The number of nitrogens with two attached hydrogens (primary N) is 1. The summed E-state index contributed by atoms with van der Waals surface area (Å²) < 4.78 is 112. The largest absolute Gasteiger partial charge is 0.326 e. The van der Waals surface area contributed by atoms with Gasteiger partial charge in [0.15, 0.2) is 19.7 Å². The normalized spacial score (nSPS) is 12.1. The highest BCUT2D eigenvalue weighted by Gasteiger charge is 2.25. The molecule has 0 fully saturated rings. The number of halogens is 3. The van der Waals surface area contributed by atoms with Crippen LogP contribution in [0, 0.1) is 5.82 Å². The quantitative estimate of drug-likeness (QED) is 0.165. The minimum Gasteiger partial charge on any atom is -0.326 e. The maximum absolute atomic E-state index is 13.2. The molecule has 3 aromatic carbocycles. The number of sulfone groups is 4. The van der Waals surface area contributed by atoms with Gasteiger partial charge >= 0.3 is 0 Å². The molecule has 0 bridgehead atoms. The van der Waals surface area contributed by atoms with Crippen LogP contribution in [-0.2, 0) is 52.3 Å². The second-order valence-electron chi connectivity index (χ2n) is 10.3. The zero-order valence-electron chi connectivity index (χ0n) is 26.0. The Morgan fingerprint density at radius 3 is 1.55 bits per heavy atom. The molecule has 5 aromatic rings. The zero-order valence-corrected chi connectivity index (χ0v) is 33.3. The van der Waals surface area contributed by atoms with Gasteiger partial charge in [-0.3, -0.25) is 0 Å². The van der Waals surface area contributed by atoms with Crippen molar-refractivity contribution in [2.24, 2.45) is 5.73 Å². The molecule has 0 radical (unpaired) electrons. The van der Waals surface area contributed by atoms with Crippen LogP contribution in [0.4, 0.5) is 4.39 Å². The van der Waals surface area contributed by atoms with Crippen LogP contribution in [0.2, 0.25) is 0 Å². The molecule has 0 aliphatic rings. The molecule has 0 saturated heterocycles. The molecular weight excluding hydrogens is 841 g/mol. The van der Waals surface area contributed by atoms with Crippen molar-refractivity contribution in [3.63, 3.8) is 0 Å². The third kappa shape index (κ3) is 9.45. The van der Waals surface area contributed by atoms with Gasteiger partial charge in [0.1, 0.15) is 14.2 Å². The van der Waals surface area contributed by atoms with E-state index >= 15 is 0 Å². The third-order valence-electron chi connectivity index (χ3n) is 6.78. The topological polar surface area (TPSA) is 163 Å². The average molecular weight is 871 g/mol. The summed E-state index contributed by atoms with van der Waals surface area (Å²) in [4.78, 5) is 1.79. The Bertz CT molecular complexity index is 2430. The smallest absolute Gasteiger partial charge is 0.216 e. The Morgan fingerprint density at radius 1 is 0.653 bits per heavy atom. The molecule has 0 aliphatic heterocycles. The zero-order chi connectivity index (χ0) is 35.7. The van der Waals surface area contributed by atoms with Crippen LogP contribution in [-0.4, -0.2) is 46.2 Å². The lowest BCUT2D eigenvalue weighted by Gasteiger charge is -2.11. The number of hydrogen-bond acceptors (Lipinski definition) is 11. The predicted molar refractivity (Wildman–Crippen MR) is 196 cm³/mol. The maximum atomic E-state index is 13.2. The van der Waals surface area contributed by atoms with Crippen LogP contribution in [0.1, 0.15) is 16.7 Å². The Balaban J connectivity index is 0.000000268. The van der Waals surface area contributed by atoms with E-state index in [2.05, 4.69) is 15.9 Å². The van der Waals surface area contributed by atoms with Crippen LogP contribution < -0.4 is 5.73 Å². The fourth-order valence-electron chi connectivity index (χ4n) is 4.34. The summed E-state index contributed by atoms with van der Waals surface area (Å²) in [5.41, 5.74) is 6.15. The first-order chi connectivity index (χ1) is 22.3. The van der Waals surface area contributed by atoms with Gasteiger partial charge in [-0.15, -0.1) is 35.1 Å². The van der Waals surface area contributed by atoms with E-state index in [9.17, 15) is 38.1 Å². The van der Waals surface area contributed by atoms with Gasteiger partial charge < -0.3 is 5.73 Å². The highest BCUT2D eigenvalue weighted by atomic mass is 79.9. The predicted octanol–water partition coefficient (Wildman–Crippen LogP) is 6.98. The van der Waals surface area contributed by atoms with E-state index in [1.54, 1.807) is 18.2 Å². The molecule has 264 valence electrons. The first-order valence-corrected chi connectivity index (χ1v) is 22.9. The van der Waals surface area contributed by atoms with Gasteiger partial charge in [-0.1, -0.05) is 19.1 Å². The van der Waals surface area contributed by atoms with Gasteiger partial charge in [0.25, 0.3) is 0 Å². The monoisotopic (exact) mass is 869 g/mol. The number of rotatable bonds is 9. The minimum atomic E-state index is -3.84. The van der Waals surface area contributed by atoms with Crippen molar-refractivity contribution in [3.8, 4) is 11.1 Å². The first kappa shape index (κ1) is 40.9. The van der Waals surface area contributed by atoms with Gasteiger partial charge in [-0.05, 0) is 101 Å². The SMILES string of the molecule is CCc1ccc(S(=O)(=O)c2ccc(S(C)(=O)=O)c(Br)c2)s1.CS(=O)(=O)c1ccc(S(=O)(=O)c2ccc(CN)s2)cc1-c1ccc(F)cc1.Cl.